The maximum atomic E-state index is 12.4. The van der Waals surface area contributed by atoms with Gasteiger partial charge in [-0.05, 0) is 30.2 Å². The van der Waals surface area contributed by atoms with E-state index in [4.69, 9.17) is 23.2 Å². The van der Waals surface area contributed by atoms with Crippen LogP contribution in [0, 0.1) is 0 Å². The van der Waals surface area contributed by atoms with Gasteiger partial charge in [0.05, 0.1) is 16.0 Å². The molecule has 0 fully saturated rings. The van der Waals surface area contributed by atoms with E-state index in [1.165, 1.54) is 0 Å². The van der Waals surface area contributed by atoms with Crippen LogP contribution in [0.2, 0.25) is 10.0 Å². The van der Waals surface area contributed by atoms with E-state index < -0.39 is 0 Å². The highest BCUT2D eigenvalue weighted by Crippen LogP contribution is 2.26. The number of hydrogen-bond donors (Lipinski definition) is 1. The fourth-order valence-corrected chi connectivity index (χ4v) is 2.36. The molecule has 104 valence electrons. The van der Waals surface area contributed by atoms with Crippen LogP contribution in [0.4, 0.5) is 5.69 Å². The first-order valence-corrected chi connectivity index (χ1v) is 7.18. The van der Waals surface area contributed by atoms with E-state index in [1.807, 2.05) is 37.3 Å². The first-order valence-electron chi connectivity index (χ1n) is 6.42. The van der Waals surface area contributed by atoms with Crippen molar-refractivity contribution in [1.82, 2.24) is 0 Å². The first-order chi connectivity index (χ1) is 9.61. The van der Waals surface area contributed by atoms with Crippen LogP contribution in [0.1, 0.15) is 24.8 Å². The Kier molecular flexibility index (Phi) is 5.05. The largest absolute Gasteiger partial charge is 0.326 e. The van der Waals surface area contributed by atoms with Crippen LogP contribution < -0.4 is 5.32 Å². The van der Waals surface area contributed by atoms with E-state index in [9.17, 15) is 4.79 Å². The number of anilines is 1. The summed E-state index contributed by atoms with van der Waals surface area (Å²) in [4.78, 5) is 12.4. The molecule has 2 rings (SSSR count). The minimum atomic E-state index is -0.175. The van der Waals surface area contributed by atoms with Gasteiger partial charge in [-0.3, -0.25) is 4.79 Å². The van der Waals surface area contributed by atoms with E-state index >= 15 is 0 Å². The van der Waals surface area contributed by atoms with Crippen LogP contribution in [-0.2, 0) is 4.79 Å². The molecule has 0 aliphatic rings. The summed E-state index contributed by atoms with van der Waals surface area (Å²) in [5.41, 5.74) is 1.66. The summed E-state index contributed by atoms with van der Waals surface area (Å²) in [5.74, 6) is -0.220. The molecule has 1 atom stereocenters. The van der Waals surface area contributed by atoms with Gasteiger partial charge < -0.3 is 5.32 Å². The van der Waals surface area contributed by atoms with E-state index in [-0.39, 0.29) is 11.8 Å². The van der Waals surface area contributed by atoms with E-state index in [0.717, 1.165) is 12.0 Å². The number of benzene rings is 2. The van der Waals surface area contributed by atoms with Crippen molar-refractivity contribution in [2.24, 2.45) is 0 Å². The Labute approximate surface area is 128 Å². The van der Waals surface area contributed by atoms with Crippen LogP contribution in [0.5, 0.6) is 0 Å². The van der Waals surface area contributed by atoms with Crippen molar-refractivity contribution in [3.63, 3.8) is 0 Å². The van der Waals surface area contributed by atoms with Gasteiger partial charge in [0.2, 0.25) is 5.91 Å². The lowest BCUT2D eigenvalue weighted by atomic mass is 9.95. The Hall–Kier alpha value is -1.51. The molecule has 0 saturated carbocycles. The second kappa shape index (κ2) is 6.78. The molecule has 0 saturated heterocycles. The standard InChI is InChI=1S/C16H15Cl2NO/c1-2-13(11-6-4-3-5-7-11)16(20)19-12-8-9-14(17)15(18)10-12/h3-10,13H,2H2,1H3,(H,19,20)/t13-/m0/s1. The fourth-order valence-electron chi connectivity index (χ4n) is 2.06. The minimum Gasteiger partial charge on any atom is -0.326 e. The molecule has 4 heteroatoms. The topological polar surface area (TPSA) is 29.1 Å². The van der Waals surface area contributed by atoms with Crippen LogP contribution in [-0.4, -0.2) is 5.91 Å². The van der Waals surface area contributed by atoms with Crippen molar-refractivity contribution >= 4 is 34.8 Å². The zero-order chi connectivity index (χ0) is 14.5. The van der Waals surface area contributed by atoms with E-state index in [2.05, 4.69) is 5.32 Å². The predicted molar refractivity (Wildman–Crippen MR) is 84.6 cm³/mol. The highest BCUT2D eigenvalue weighted by molar-refractivity contribution is 6.42. The molecule has 0 unspecified atom stereocenters. The summed E-state index contributed by atoms with van der Waals surface area (Å²) < 4.78 is 0. The molecule has 2 nitrogen and oxygen atoms in total. The molecule has 0 aromatic heterocycles. The van der Waals surface area contributed by atoms with Gasteiger partial charge in [0, 0.05) is 5.69 Å². The maximum Gasteiger partial charge on any atom is 0.231 e. The van der Waals surface area contributed by atoms with Crippen LogP contribution in [0.3, 0.4) is 0 Å². The van der Waals surface area contributed by atoms with E-state index in [0.29, 0.717) is 15.7 Å². The second-order valence-electron chi connectivity index (χ2n) is 4.49. The lowest BCUT2D eigenvalue weighted by Crippen LogP contribution is -2.20. The Morgan fingerprint density at radius 1 is 1.10 bits per heavy atom. The number of halogens is 2. The van der Waals surface area contributed by atoms with Gasteiger partial charge in [-0.1, -0.05) is 60.5 Å². The Balaban J connectivity index is 2.15. The zero-order valence-corrected chi connectivity index (χ0v) is 12.6. The molecule has 0 radical (unpaired) electrons. The Bertz CT molecular complexity index is 599. The monoisotopic (exact) mass is 307 g/mol. The van der Waals surface area contributed by atoms with Gasteiger partial charge in [0.25, 0.3) is 0 Å². The number of hydrogen-bond acceptors (Lipinski definition) is 1. The van der Waals surface area contributed by atoms with Gasteiger partial charge >= 0.3 is 0 Å². The van der Waals surface area contributed by atoms with Crippen molar-refractivity contribution < 1.29 is 4.79 Å². The van der Waals surface area contributed by atoms with Gasteiger partial charge in [0.1, 0.15) is 0 Å². The van der Waals surface area contributed by atoms with Crippen LogP contribution >= 0.6 is 23.2 Å². The quantitative estimate of drug-likeness (QED) is 0.834. The molecule has 0 spiro atoms. The molecule has 20 heavy (non-hydrogen) atoms. The number of carbonyl (C=O) groups is 1. The summed E-state index contributed by atoms with van der Waals surface area (Å²) >= 11 is 11.8. The number of rotatable bonds is 4. The molecule has 1 N–H and O–H groups in total. The maximum absolute atomic E-state index is 12.4. The Morgan fingerprint density at radius 3 is 2.40 bits per heavy atom. The third-order valence-electron chi connectivity index (χ3n) is 3.11. The van der Waals surface area contributed by atoms with Crippen LogP contribution in [0.15, 0.2) is 48.5 Å². The molecule has 0 aliphatic carbocycles. The van der Waals surface area contributed by atoms with E-state index in [1.54, 1.807) is 18.2 Å². The summed E-state index contributed by atoms with van der Waals surface area (Å²) in [7, 11) is 0. The summed E-state index contributed by atoms with van der Waals surface area (Å²) in [6.45, 7) is 1.99. The van der Waals surface area contributed by atoms with Gasteiger partial charge in [-0.25, -0.2) is 0 Å². The smallest absolute Gasteiger partial charge is 0.231 e. The normalized spacial score (nSPS) is 11.9. The van der Waals surface area contributed by atoms with Crippen molar-refractivity contribution in [3.05, 3.63) is 64.1 Å². The average molecular weight is 308 g/mol. The molecule has 0 aliphatic heterocycles. The Morgan fingerprint density at radius 2 is 1.80 bits per heavy atom. The number of carbonyl (C=O) groups excluding carboxylic acids is 1. The lowest BCUT2D eigenvalue weighted by molar-refractivity contribution is -0.117. The first kappa shape index (κ1) is 14.9. The fraction of sp³-hybridized carbons (Fsp3) is 0.188. The third-order valence-corrected chi connectivity index (χ3v) is 3.85. The molecule has 0 heterocycles. The zero-order valence-electron chi connectivity index (χ0n) is 11.1. The SMILES string of the molecule is CC[C@H](C(=O)Nc1ccc(Cl)c(Cl)c1)c1ccccc1. The average Bonchev–Trinajstić information content (AvgIpc) is 2.45. The van der Waals surface area contributed by atoms with Crippen molar-refractivity contribution in [3.8, 4) is 0 Å². The molecule has 2 aromatic carbocycles. The molecule has 1 amide bonds. The van der Waals surface area contributed by atoms with Crippen molar-refractivity contribution in [2.45, 2.75) is 19.3 Å². The second-order valence-corrected chi connectivity index (χ2v) is 5.30. The summed E-state index contributed by atoms with van der Waals surface area (Å²) in [5, 5.41) is 3.78. The number of nitrogens with one attached hydrogen (secondary N) is 1. The van der Waals surface area contributed by atoms with Gasteiger partial charge in [-0.15, -0.1) is 0 Å². The highest BCUT2D eigenvalue weighted by atomic mass is 35.5. The van der Waals surface area contributed by atoms with Gasteiger partial charge in [-0.2, -0.15) is 0 Å². The van der Waals surface area contributed by atoms with Gasteiger partial charge in [0.15, 0.2) is 0 Å². The molecular weight excluding hydrogens is 293 g/mol. The highest BCUT2D eigenvalue weighted by Gasteiger charge is 2.18. The van der Waals surface area contributed by atoms with Crippen LogP contribution in [0.25, 0.3) is 0 Å². The van der Waals surface area contributed by atoms with Crippen molar-refractivity contribution in [2.75, 3.05) is 5.32 Å². The minimum absolute atomic E-state index is 0.0444. The lowest BCUT2D eigenvalue weighted by Gasteiger charge is -2.15. The molecular formula is C16H15Cl2NO. The van der Waals surface area contributed by atoms with Crippen molar-refractivity contribution in [1.29, 1.82) is 0 Å². The third kappa shape index (κ3) is 3.53. The molecule has 2 aromatic rings. The molecule has 0 bridgehead atoms. The summed E-state index contributed by atoms with van der Waals surface area (Å²) in [6.07, 6.45) is 0.733. The number of amides is 1. The predicted octanol–water partition coefficient (Wildman–Crippen LogP) is 5.13. The summed E-state index contributed by atoms with van der Waals surface area (Å²) in [6, 6.07) is 14.8.